The second-order valence-electron chi connectivity index (χ2n) is 8.79. The first-order chi connectivity index (χ1) is 16.3. The van der Waals surface area contributed by atoms with Crippen LogP contribution in [0.4, 0.5) is 5.82 Å². The Bertz CT molecular complexity index is 1220. The number of fused-ring (bicyclic) bond motifs is 1. The molecule has 1 aromatic carbocycles. The van der Waals surface area contributed by atoms with Gasteiger partial charge in [0.15, 0.2) is 5.65 Å². The number of anilines is 1. The SMILES string of the molecule is c1ccc(CN2CCCC2c2cc(N3CCOCC3)n3nc(-c4ccncc4)cc3n2)cc1. The van der Waals surface area contributed by atoms with Gasteiger partial charge in [0.25, 0.3) is 0 Å². The highest BCUT2D eigenvalue weighted by molar-refractivity contribution is 5.65. The Kier molecular flexibility index (Phi) is 5.49. The van der Waals surface area contributed by atoms with Crippen LogP contribution in [0.2, 0.25) is 0 Å². The summed E-state index contributed by atoms with van der Waals surface area (Å²) in [6, 6.07) is 19.4. The monoisotopic (exact) mass is 440 g/mol. The van der Waals surface area contributed by atoms with Crippen LogP contribution >= 0.6 is 0 Å². The van der Waals surface area contributed by atoms with Gasteiger partial charge in [-0.2, -0.15) is 9.61 Å². The number of hydrogen-bond donors (Lipinski definition) is 0. The lowest BCUT2D eigenvalue weighted by Crippen LogP contribution is -2.37. The van der Waals surface area contributed by atoms with Crippen molar-refractivity contribution in [2.24, 2.45) is 0 Å². The summed E-state index contributed by atoms with van der Waals surface area (Å²) in [6.07, 6.45) is 5.94. The van der Waals surface area contributed by atoms with E-state index in [1.807, 2.05) is 16.6 Å². The number of nitrogens with zero attached hydrogens (tertiary/aromatic N) is 6. The smallest absolute Gasteiger partial charge is 0.158 e. The normalized spacial score (nSPS) is 19.4. The average Bonchev–Trinajstić information content (AvgIpc) is 3.52. The van der Waals surface area contributed by atoms with Gasteiger partial charge in [0, 0.05) is 49.7 Å². The maximum Gasteiger partial charge on any atom is 0.158 e. The fourth-order valence-corrected chi connectivity index (χ4v) is 5.00. The Labute approximate surface area is 193 Å². The molecule has 1 atom stereocenters. The molecule has 4 aromatic rings. The number of aromatic nitrogens is 4. The lowest BCUT2D eigenvalue weighted by atomic mass is 10.1. The third kappa shape index (κ3) is 4.10. The van der Waals surface area contributed by atoms with E-state index in [1.54, 1.807) is 12.4 Å². The lowest BCUT2D eigenvalue weighted by molar-refractivity contribution is 0.122. The minimum atomic E-state index is 0.314. The standard InChI is InChI=1S/C26H28N6O/c1-2-5-20(6-3-1)19-31-12-4-7-24(31)23-18-26(30-13-15-33-16-14-30)32-25(28-23)17-22(29-32)21-8-10-27-11-9-21/h1-3,5-6,8-11,17-18,24H,4,7,12-16,19H2. The summed E-state index contributed by atoms with van der Waals surface area (Å²) < 4.78 is 7.62. The zero-order valence-electron chi connectivity index (χ0n) is 18.7. The molecular formula is C26H28N6O. The van der Waals surface area contributed by atoms with Crippen LogP contribution in [0.25, 0.3) is 16.9 Å². The van der Waals surface area contributed by atoms with Crippen LogP contribution in [0.1, 0.15) is 30.1 Å². The van der Waals surface area contributed by atoms with Gasteiger partial charge < -0.3 is 9.64 Å². The topological polar surface area (TPSA) is 58.8 Å². The molecule has 168 valence electrons. The summed E-state index contributed by atoms with van der Waals surface area (Å²) in [5.41, 5.74) is 5.36. The summed E-state index contributed by atoms with van der Waals surface area (Å²) in [5.74, 6) is 1.10. The summed E-state index contributed by atoms with van der Waals surface area (Å²) >= 11 is 0. The van der Waals surface area contributed by atoms with Crippen LogP contribution in [0.3, 0.4) is 0 Å². The number of benzene rings is 1. The molecule has 0 saturated carbocycles. The van der Waals surface area contributed by atoms with Gasteiger partial charge in [-0.25, -0.2) is 4.98 Å². The van der Waals surface area contributed by atoms with E-state index in [0.29, 0.717) is 6.04 Å². The molecule has 0 spiro atoms. The first kappa shape index (κ1) is 20.3. The Morgan fingerprint density at radius 1 is 0.939 bits per heavy atom. The zero-order valence-corrected chi connectivity index (χ0v) is 18.7. The van der Waals surface area contributed by atoms with Gasteiger partial charge in [0.1, 0.15) is 5.82 Å². The fourth-order valence-electron chi connectivity index (χ4n) is 5.00. The molecule has 5 heterocycles. The van der Waals surface area contributed by atoms with Gasteiger partial charge in [0.2, 0.25) is 0 Å². The van der Waals surface area contributed by atoms with Gasteiger partial charge in [-0.1, -0.05) is 30.3 Å². The molecule has 0 aliphatic carbocycles. The van der Waals surface area contributed by atoms with Crippen LogP contribution in [0, 0.1) is 0 Å². The van der Waals surface area contributed by atoms with E-state index in [-0.39, 0.29) is 0 Å². The first-order valence-corrected chi connectivity index (χ1v) is 11.8. The predicted molar refractivity (Wildman–Crippen MR) is 128 cm³/mol. The Balaban J connectivity index is 1.41. The van der Waals surface area contributed by atoms with E-state index in [4.69, 9.17) is 14.8 Å². The van der Waals surface area contributed by atoms with E-state index >= 15 is 0 Å². The quantitative estimate of drug-likeness (QED) is 0.468. The Morgan fingerprint density at radius 3 is 2.58 bits per heavy atom. The highest BCUT2D eigenvalue weighted by Gasteiger charge is 2.29. The molecule has 7 heteroatoms. The molecule has 6 rings (SSSR count). The molecule has 0 bridgehead atoms. The van der Waals surface area contributed by atoms with Crippen molar-refractivity contribution in [3.05, 3.63) is 78.2 Å². The second-order valence-corrected chi connectivity index (χ2v) is 8.79. The molecule has 0 amide bonds. The maximum absolute atomic E-state index is 5.62. The van der Waals surface area contributed by atoms with Crippen molar-refractivity contribution in [1.82, 2.24) is 24.5 Å². The van der Waals surface area contributed by atoms with E-state index in [1.165, 1.54) is 12.0 Å². The highest BCUT2D eigenvalue weighted by atomic mass is 16.5. The van der Waals surface area contributed by atoms with Gasteiger partial charge in [0.05, 0.1) is 30.6 Å². The molecule has 3 aromatic heterocycles. The van der Waals surface area contributed by atoms with E-state index < -0.39 is 0 Å². The fraction of sp³-hybridized carbons (Fsp3) is 0.346. The molecule has 2 aliphatic heterocycles. The first-order valence-electron chi connectivity index (χ1n) is 11.8. The van der Waals surface area contributed by atoms with Crippen molar-refractivity contribution < 1.29 is 4.74 Å². The lowest BCUT2D eigenvalue weighted by Gasteiger charge is -2.30. The number of rotatable bonds is 5. The second kappa shape index (κ2) is 8.92. The third-order valence-corrected chi connectivity index (χ3v) is 6.67. The van der Waals surface area contributed by atoms with Crippen LogP contribution in [0.5, 0.6) is 0 Å². The minimum Gasteiger partial charge on any atom is -0.378 e. The van der Waals surface area contributed by atoms with Crippen molar-refractivity contribution in [3.63, 3.8) is 0 Å². The van der Waals surface area contributed by atoms with E-state index in [2.05, 4.69) is 57.2 Å². The minimum absolute atomic E-state index is 0.314. The Hall–Kier alpha value is -3.29. The van der Waals surface area contributed by atoms with Gasteiger partial charge >= 0.3 is 0 Å². The van der Waals surface area contributed by atoms with Crippen LogP contribution in [0.15, 0.2) is 67.0 Å². The Morgan fingerprint density at radius 2 is 1.76 bits per heavy atom. The molecule has 0 N–H and O–H groups in total. The number of ether oxygens (including phenoxy) is 1. The van der Waals surface area contributed by atoms with Crippen molar-refractivity contribution in [3.8, 4) is 11.3 Å². The van der Waals surface area contributed by atoms with E-state index in [0.717, 1.165) is 74.2 Å². The summed E-state index contributed by atoms with van der Waals surface area (Å²) in [7, 11) is 0. The van der Waals surface area contributed by atoms with Crippen molar-refractivity contribution >= 4 is 11.5 Å². The van der Waals surface area contributed by atoms with Gasteiger partial charge in [-0.05, 0) is 37.1 Å². The predicted octanol–water partition coefficient (Wildman–Crippen LogP) is 3.97. The van der Waals surface area contributed by atoms with Gasteiger partial charge in [-0.15, -0.1) is 0 Å². The van der Waals surface area contributed by atoms with E-state index in [9.17, 15) is 0 Å². The number of pyridine rings is 1. The third-order valence-electron chi connectivity index (χ3n) is 6.67. The van der Waals surface area contributed by atoms with Crippen LogP contribution < -0.4 is 4.90 Å². The highest BCUT2D eigenvalue weighted by Crippen LogP contribution is 2.35. The van der Waals surface area contributed by atoms with Crippen molar-refractivity contribution in [2.75, 3.05) is 37.7 Å². The summed E-state index contributed by atoms with van der Waals surface area (Å²) in [4.78, 5) is 14.2. The molecule has 2 aliphatic rings. The molecule has 1 unspecified atom stereocenters. The zero-order chi connectivity index (χ0) is 22.0. The van der Waals surface area contributed by atoms with Gasteiger partial charge in [-0.3, -0.25) is 9.88 Å². The number of likely N-dealkylation sites (tertiary alicyclic amines) is 1. The molecular weight excluding hydrogens is 412 g/mol. The number of hydrogen-bond acceptors (Lipinski definition) is 6. The molecule has 0 radical (unpaired) electrons. The van der Waals surface area contributed by atoms with Crippen molar-refractivity contribution in [1.29, 1.82) is 0 Å². The average molecular weight is 441 g/mol. The van der Waals surface area contributed by atoms with Crippen LogP contribution in [-0.2, 0) is 11.3 Å². The number of morpholine rings is 1. The van der Waals surface area contributed by atoms with Crippen molar-refractivity contribution in [2.45, 2.75) is 25.4 Å². The molecule has 33 heavy (non-hydrogen) atoms. The largest absolute Gasteiger partial charge is 0.378 e. The summed E-state index contributed by atoms with van der Waals surface area (Å²) in [5, 5.41) is 4.94. The molecule has 2 saturated heterocycles. The maximum atomic E-state index is 5.62. The molecule has 2 fully saturated rings. The molecule has 7 nitrogen and oxygen atoms in total. The van der Waals surface area contributed by atoms with Crippen LogP contribution in [-0.4, -0.2) is 57.3 Å². The summed E-state index contributed by atoms with van der Waals surface area (Å²) in [6.45, 7) is 5.25.